The summed E-state index contributed by atoms with van der Waals surface area (Å²) in [6.07, 6.45) is -0.365. The molecule has 98 valence electrons. The molecule has 0 aromatic heterocycles. The van der Waals surface area contributed by atoms with E-state index >= 15 is 0 Å². The van der Waals surface area contributed by atoms with Gasteiger partial charge in [-0.15, -0.1) is 0 Å². The average Bonchev–Trinajstić information content (AvgIpc) is 2.38. The first kappa shape index (κ1) is 14.0. The minimum atomic E-state index is -0.665. The highest BCUT2D eigenvalue weighted by Crippen LogP contribution is 2.15. The van der Waals surface area contributed by atoms with Crippen LogP contribution in [0.5, 0.6) is 5.75 Å². The van der Waals surface area contributed by atoms with E-state index in [1.165, 1.54) is 7.11 Å². The second kappa shape index (κ2) is 6.64. The molecule has 1 unspecified atom stereocenters. The van der Waals surface area contributed by atoms with Crippen LogP contribution >= 0.6 is 0 Å². The zero-order valence-electron chi connectivity index (χ0n) is 10.6. The number of methoxy groups -OCH3 is 1. The number of hydrogen-bond donors (Lipinski definition) is 0. The van der Waals surface area contributed by atoms with Crippen molar-refractivity contribution >= 4 is 11.9 Å². The summed E-state index contributed by atoms with van der Waals surface area (Å²) in [7, 11) is 1.32. The summed E-state index contributed by atoms with van der Waals surface area (Å²) in [6, 6.07) is 6.39. The Morgan fingerprint density at radius 3 is 2.33 bits per heavy atom. The Kier molecular flexibility index (Phi) is 5.17. The van der Waals surface area contributed by atoms with Gasteiger partial charge in [0.05, 0.1) is 12.7 Å². The van der Waals surface area contributed by atoms with Gasteiger partial charge in [0.25, 0.3) is 0 Å². The van der Waals surface area contributed by atoms with E-state index in [9.17, 15) is 9.59 Å². The van der Waals surface area contributed by atoms with E-state index in [4.69, 9.17) is 9.47 Å². The van der Waals surface area contributed by atoms with E-state index in [1.54, 1.807) is 38.1 Å². The molecule has 1 rings (SSSR count). The van der Waals surface area contributed by atoms with Crippen LogP contribution in [-0.4, -0.2) is 25.3 Å². The number of ether oxygens (including phenoxy) is 3. The van der Waals surface area contributed by atoms with Crippen LogP contribution in [0.25, 0.3) is 0 Å². The van der Waals surface area contributed by atoms with Crippen LogP contribution in [0.15, 0.2) is 24.3 Å². The molecule has 0 aliphatic heterocycles. The first-order valence-electron chi connectivity index (χ1n) is 5.61. The molecular weight excluding hydrogens is 236 g/mol. The molecule has 1 atom stereocenters. The van der Waals surface area contributed by atoms with Crippen LogP contribution in [0.4, 0.5) is 0 Å². The lowest BCUT2D eigenvalue weighted by Crippen LogP contribution is -2.20. The smallest absolute Gasteiger partial charge is 0.337 e. The molecule has 0 N–H and O–H groups in total. The summed E-state index contributed by atoms with van der Waals surface area (Å²) in [5, 5.41) is 0. The number of esters is 2. The third kappa shape index (κ3) is 4.08. The quantitative estimate of drug-likeness (QED) is 0.593. The predicted octanol–water partition coefficient (Wildman–Crippen LogP) is 2.15. The minimum Gasteiger partial charge on any atom is -0.465 e. The van der Waals surface area contributed by atoms with E-state index in [-0.39, 0.29) is 5.97 Å². The van der Waals surface area contributed by atoms with Gasteiger partial charge in [0.15, 0.2) is 0 Å². The molecule has 0 spiro atoms. The van der Waals surface area contributed by atoms with Crippen molar-refractivity contribution in [3.63, 3.8) is 0 Å². The number of hydrogen-bond acceptors (Lipinski definition) is 5. The first-order valence-corrected chi connectivity index (χ1v) is 5.61. The van der Waals surface area contributed by atoms with Crippen LogP contribution in [0.3, 0.4) is 0 Å². The molecule has 1 aromatic carbocycles. The second-order valence-corrected chi connectivity index (χ2v) is 3.54. The summed E-state index contributed by atoms with van der Waals surface area (Å²) in [6.45, 7) is 3.34. The van der Waals surface area contributed by atoms with Gasteiger partial charge < -0.3 is 14.2 Å². The van der Waals surface area contributed by atoms with Crippen molar-refractivity contribution in [2.75, 3.05) is 7.11 Å². The zero-order chi connectivity index (χ0) is 13.5. The summed E-state index contributed by atoms with van der Waals surface area (Å²) in [4.78, 5) is 22.2. The average molecular weight is 252 g/mol. The van der Waals surface area contributed by atoms with Crippen LogP contribution in [-0.2, 0) is 14.3 Å². The zero-order valence-corrected chi connectivity index (χ0v) is 10.6. The molecule has 0 radical (unpaired) electrons. The summed E-state index contributed by atoms with van der Waals surface area (Å²) < 4.78 is 14.9. The lowest BCUT2D eigenvalue weighted by molar-refractivity contribution is -0.160. The lowest BCUT2D eigenvalue weighted by Gasteiger charge is -2.14. The molecule has 0 bridgehead atoms. The van der Waals surface area contributed by atoms with Crippen molar-refractivity contribution in [2.24, 2.45) is 0 Å². The molecule has 0 heterocycles. The minimum absolute atomic E-state index is 0.301. The molecule has 18 heavy (non-hydrogen) atoms. The van der Waals surface area contributed by atoms with Crippen molar-refractivity contribution in [2.45, 2.75) is 26.6 Å². The molecule has 0 aliphatic carbocycles. The third-order valence-electron chi connectivity index (χ3n) is 2.16. The maximum Gasteiger partial charge on any atom is 0.337 e. The predicted molar refractivity (Wildman–Crippen MR) is 64.3 cm³/mol. The summed E-state index contributed by atoms with van der Waals surface area (Å²) in [5.41, 5.74) is 0.433. The van der Waals surface area contributed by atoms with Gasteiger partial charge in [-0.1, -0.05) is 6.92 Å². The number of rotatable bonds is 5. The Bertz CT molecular complexity index is 410. The summed E-state index contributed by atoms with van der Waals surface area (Å²) >= 11 is 0. The van der Waals surface area contributed by atoms with Gasteiger partial charge in [-0.25, -0.2) is 4.79 Å². The Morgan fingerprint density at radius 2 is 1.83 bits per heavy atom. The first-order chi connectivity index (χ1) is 8.56. The fraction of sp³-hybridized carbons (Fsp3) is 0.385. The molecular formula is C13H16O5. The van der Waals surface area contributed by atoms with Crippen LogP contribution in [0, 0.1) is 0 Å². The van der Waals surface area contributed by atoms with E-state index in [0.717, 1.165) is 0 Å². The van der Waals surface area contributed by atoms with E-state index in [1.807, 2.05) is 0 Å². The standard InChI is InChI=1S/C13H16O5/c1-4-12(14)18-9(2)17-11-7-5-10(6-8-11)13(15)16-3/h5-9H,4H2,1-3H3. The molecule has 5 heteroatoms. The Balaban J connectivity index is 2.58. The largest absolute Gasteiger partial charge is 0.465 e. The SMILES string of the molecule is CCC(=O)OC(C)Oc1ccc(C(=O)OC)cc1. The topological polar surface area (TPSA) is 61.8 Å². The normalized spacial score (nSPS) is 11.5. The molecule has 0 saturated carbocycles. The molecule has 0 saturated heterocycles. The molecule has 5 nitrogen and oxygen atoms in total. The molecule has 0 fully saturated rings. The summed E-state index contributed by atoms with van der Waals surface area (Å²) in [5.74, 6) is -0.222. The van der Waals surface area contributed by atoms with E-state index < -0.39 is 12.3 Å². The highest BCUT2D eigenvalue weighted by Gasteiger charge is 2.10. The van der Waals surface area contributed by atoms with Crippen molar-refractivity contribution < 1.29 is 23.8 Å². The molecule has 0 aliphatic rings. The number of carbonyl (C=O) groups excluding carboxylic acids is 2. The monoisotopic (exact) mass is 252 g/mol. The molecule has 0 amide bonds. The van der Waals surface area contributed by atoms with Crippen molar-refractivity contribution in [1.82, 2.24) is 0 Å². The van der Waals surface area contributed by atoms with Crippen molar-refractivity contribution in [3.8, 4) is 5.75 Å². The fourth-order valence-electron chi connectivity index (χ4n) is 1.27. The Labute approximate surface area is 106 Å². The van der Waals surface area contributed by atoms with Crippen LogP contribution in [0.2, 0.25) is 0 Å². The van der Waals surface area contributed by atoms with Crippen LogP contribution in [0.1, 0.15) is 30.6 Å². The fourth-order valence-corrected chi connectivity index (χ4v) is 1.27. The Hall–Kier alpha value is -2.04. The maximum atomic E-state index is 11.2. The van der Waals surface area contributed by atoms with Crippen molar-refractivity contribution in [3.05, 3.63) is 29.8 Å². The maximum absolute atomic E-state index is 11.2. The van der Waals surface area contributed by atoms with Gasteiger partial charge in [0, 0.05) is 13.3 Å². The van der Waals surface area contributed by atoms with Gasteiger partial charge in [-0.3, -0.25) is 4.79 Å². The highest BCUT2D eigenvalue weighted by atomic mass is 16.7. The van der Waals surface area contributed by atoms with Gasteiger partial charge in [-0.2, -0.15) is 0 Å². The van der Waals surface area contributed by atoms with Gasteiger partial charge in [0.1, 0.15) is 5.75 Å². The van der Waals surface area contributed by atoms with E-state index in [0.29, 0.717) is 17.7 Å². The van der Waals surface area contributed by atoms with Gasteiger partial charge >= 0.3 is 11.9 Å². The van der Waals surface area contributed by atoms with Gasteiger partial charge in [0.2, 0.25) is 6.29 Å². The van der Waals surface area contributed by atoms with E-state index in [2.05, 4.69) is 4.74 Å². The Morgan fingerprint density at radius 1 is 1.22 bits per heavy atom. The second-order valence-electron chi connectivity index (χ2n) is 3.54. The number of carbonyl (C=O) groups is 2. The van der Waals surface area contributed by atoms with Crippen LogP contribution < -0.4 is 4.74 Å². The molecule has 1 aromatic rings. The van der Waals surface area contributed by atoms with Gasteiger partial charge in [-0.05, 0) is 24.3 Å². The van der Waals surface area contributed by atoms with Crippen molar-refractivity contribution in [1.29, 1.82) is 0 Å². The number of benzene rings is 1. The highest BCUT2D eigenvalue weighted by molar-refractivity contribution is 5.89. The lowest BCUT2D eigenvalue weighted by atomic mass is 10.2. The third-order valence-corrected chi connectivity index (χ3v) is 2.16.